The summed E-state index contributed by atoms with van der Waals surface area (Å²) in [7, 11) is 0. The molecule has 1 aromatic heterocycles. The number of benzene rings is 1. The molecular weight excluding hydrogens is 263 g/mol. The van der Waals surface area contributed by atoms with E-state index in [1.165, 1.54) is 6.92 Å². The summed E-state index contributed by atoms with van der Waals surface area (Å²) in [6.45, 7) is 1.50. The van der Waals surface area contributed by atoms with Gasteiger partial charge in [-0.3, -0.25) is 4.79 Å². The Hall–Kier alpha value is -2.38. The minimum absolute atomic E-state index is 0.0713. The van der Waals surface area contributed by atoms with Crippen molar-refractivity contribution in [2.24, 2.45) is 0 Å². The van der Waals surface area contributed by atoms with Gasteiger partial charge in [0, 0.05) is 12.1 Å². The summed E-state index contributed by atoms with van der Waals surface area (Å²) in [6, 6.07) is 1.51. The molecule has 0 aliphatic carbocycles. The second-order valence-corrected chi connectivity index (χ2v) is 3.83. The van der Waals surface area contributed by atoms with Crippen LogP contribution in [0, 0.1) is 24.4 Å². The number of rotatable bonds is 3. The van der Waals surface area contributed by atoms with Crippen LogP contribution in [0.2, 0.25) is 0 Å². The maximum absolute atomic E-state index is 13.1. The minimum Gasteiger partial charge on any atom is -0.481 e. The molecule has 100 valence electrons. The van der Waals surface area contributed by atoms with E-state index in [1.807, 2.05) is 0 Å². The van der Waals surface area contributed by atoms with Gasteiger partial charge >= 0.3 is 5.97 Å². The topological polar surface area (TPSA) is 68.0 Å². The third-order valence-corrected chi connectivity index (χ3v) is 2.52. The zero-order chi connectivity index (χ0) is 14.2. The number of halogens is 3. The van der Waals surface area contributed by atoms with Crippen LogP contribution in [0.4, 0.5) is 13.2 Å². The molecule has 0 saturated heterocycles. The first-order chi connectivity index (χ1) is 8.90. The fourth-order valence-electron chi connectivity index (χ4n) is 1.58. The van der Waals surface area contributed by atoms with Crippen LogP contribution in [0.1, 0.15) is 11.4 Å². The van der Waals surface area contributed by atoms with Crippen LogP contribution >= 0.6 is 0 Å². The number of aliphatic carboxylic acids is 1. The van der Waals surface area contributed by atoms with E-state index >= 15 is 0 Å². The Balaban J connectivity index is 2.48. The van der Waals surface area contributed by atoms with Crippen LogP contribution < -0.4 is 0 Å². The number of hydrogen-bond donors (Lipinski definition) is 1. The zero-order valence-corrected chi connectivity index (χ0v) is 9.69. The molecule has 0 atom stereocenters. The molecule has 2 rings (SSSR count). The molecule has 1 N–H and O–H groups in total. The van der Waals surface area contributed by atoms with Gasteiger partial charge < -0.3 is 5.11 Å². The Morgan fingerprint density at radius 1 is 1.32 bits per heavy atom. The quantitative estimate of drug-likeness (QED) is 0.861. The number of hydrogen-bond acceptors (Lipinski definition) is 3. The van der Waals surface area contributed by atoms with Crippen molar-refractivity contribution in [3.8, 4) is 5.69 Å². The first-order valence-corrected chi connectivity index (χ1v) is 5.18. The Bertz CT molecular complexity index is 632. The largest absolute Gasteiger partial charge is 0.481 e. The molecule has 0 aliphatic heterocycles. The Morgan fingerprint density at radius 2 is 1.89 bits per heavy atom. The predicted octanol–water partition coefficient (Wildman–Crippen LogP) is 1.62. The number of aromatic nitrogens is 3. The van der Waals surface area contributed by atoms with Gasteiger partial charge in [-0.25, -0.2) is 17.9 Å². The van der Waals surface area contributed by atoms with Crippen LogP contribution in [-0.4, -0.2) is 26.1 Å². The Kier molecular flexibility index (Phi) is 3.24. The molecule has 0 unspecified atom stereocenters. The molecule has 0 bridgehead atoms. The van der Waals surface area contributed by atoms with Crippen molar-refractivity contribution in [2.45, 2.75) is 13.3 Å². The van der Waals surface area contributed by atoms with Crippen LogP contribution in [0.25, 0.3) is 5.69 Å². The van der Waals surface area contributed by atoms with E-state index in [2.05, 4.69) is 10.3 Å². The van der Waals surface area contributed by atoms with E-state index in [9.17, 15) is 18.0 Å². The van der Waals surface area contributed by atoms with E-state index < -0.39 is 23.4 Å². The lowest BCUT2D eigenvalue weighted by molar-refractivity contribution is -0.136. The summed E-state index contributed by atoms with van der Waals surface area (Å²) in [5.74, 6) is -5.40. The summed E-state index contributed by atoms with van der Waals surface area (Å²) in [5, 5.41) is 15.9. The van der Waals surface area contributed by atoms with Gasteiger partial charge in [0.05, 0.1) is 23.5 Å². The second kappa shape index (κ2) is 4.71. The van der Waals surface area contributed by atoms with Crippen molar-refractivity contribution in [1.82, 2.24) is 15.0 Å². The third kappa shape index (κ3) is 2.42. The van der Waals surface area contributed by atoms with Crippen LogP contribution in [0.3, 0.4) is 0 Å². The van der Waals surface area contributed by atoms with Gasteiger partial charge in [-0.1, -0.05) is 5.21 Å². The van der Waals surface area contributed by atoms with Crippen LogP contribution in [0.5, 0.6) is 0 Å². The van der Waals surface area contributed by atoms with Crippen LogP contribution in [-0.2, 0) is 11.2 Å². The van der Waals surface area contributed by atoms with Gasteiger partial charge in [-0.05, 0) is 6.92 Å². The molecule has 8 heteroatoms. The van der Waals surface area contributed by atoms with Crippen molar-refractivity contribution < 1.29 is 23.1 Å². The predicted molar refractivity (Wildman–Crippen MR) is 57.3 cm³/mol. The van der Waals surface area contributed by atoms with E-state index in [1.54, 1.807) is 0 Å². The molecule has 0 radical (unpaired) electrons. The minimum atomic E-state index is -1.58. The molecule has 2 aromatic rings. The average molecular weight is 271 g/mol. The number of carboxylic acid groups (broad SMARTS) is 1. The lowest BCUT2D eigenvalue weighted by Gasteiger charge is -2.05. The number of carboxylic acids is 1. The summed E-state index contributed by atoms with van der Waals surface area (Å²) in [4.78, 5) is 10.6. The van der Waals surface area contributed by atoms with E-state index in [4.69, 9.17) is 5.11 Å². The highest BCUT2D eigenvalue weighted by atomic mass is 19.2. The van der Waals surface area contributed by atoms with Crippen LogP contribution in [0.15, 0.2) is 12.1 Å². The standard InChI is InChI=1S/C11H8F3N3O2/c1-5-9(4-10(18)19)15-16-17(5)6-2-7(12)11(14)8(13)3-6/h2-3H,4H2,1H3,(H,18,19). The fourth-order valence-corrected chi connectivity index (χ4v) is 1.58. The highest BCUT2D eigenvalue weighted by Crippen LogP contribution is 2.18. The molecule has 0 amide bonds. The van der Waals surface area contributed by atoms with Crippen molar-refractivity contribution in [2.75, 3.05) is 0 Å². The molecule has 0 fully saturated rings. The lowest BCUT2D eigenvalue weighted by Crippen LogP contribution is -2.05. The first kappa shape index (κ1) is 13.1. The molecule has 0 aliphatic rings. The number of carbonyl (C=O) groups is 1. The van der Waals surface area contributed by atoms with Gasteiger partial charge in [0.1, 0.15) is 0 Å². The molecular formula is C11H8F3N3O2. The van der Waals surface area contributed by atoms with Gasteiger partial charge in [-0.15, -0.1) is 5.10 Å². The normalized spacial score (nSPS) is 10.7. The zero-order valence-electron chi connectivity index (χ0n) is 9.69. The molecule has 1 aromatic carbocycles. The second-order valence-electron chi connectivity index (χ2n) is 3.83. The molecule has 19 heavy (non-hydrogen) atoms. The van der Waals surface area contributed by atoms with Crippen molar-refractivity contribution in [1.29, 1.82) is 0 Å². The highest BCUT2D eigenvalue weighted by Gasteiger charge is 2.16. The number of nitrogens with zero attached hydrogens (tertiary/aromatic N) is 3. The molecule has 1 heterocycles. The van der Waals surface area contributed by atoms with Crippen molar-refractivity contribution in [3.63, 3.8) is 0 Å². The highest BCUT2D eigenvalue weighted by molar-refractivity contribution is 5.69. The van der Waals surface area contributed by atoms with E-state index in [0.717, 1.165) is 16.8 Å². The summed E-state index contributed by atoms with van der Waals surface area (Å²) < 4.78 is 40.1. The third-order valence-electron chi connectivity index (χ3n) is 2.52. The monoisotopic (exact) mass is 271 g/mol. The summed E-state index contributed by atoms with van der Waals surface area (Å²) in [5.41, 5.74) is 0.406. The maximum atomic E-state index is 13.1. The van der Waals surface area contributed by atoms with E-state index in [-0.39, 0.29) is 17.8 Å². The van der Waals surface area contributed by atoms with Gasteiger partial charge in [0.2, 0.25) is 0 Å². The first-order valence-electron chi connectivity index (χ1n) is 5.18. The average Bonchev–Trinajstić information content (AvgIpc) is 2.67. The smallest absolute Gasteiger partial charge is 0.309 e. The summed E-state index contributed by atoms with van der Waals surface area (Å²) in [6.07, 6.45) is -0.363. The maximum Gasteiger partial charge on any atom is 0.309 e. The molecule has 5 nitrogen and oxygen atoms in total. The van der Waals surface area contributed by atoms with Gasteiger partial charge in [0.25, 0.3) is 0 Å². The summed E-state index contributed by atoms with van der Waals surface area (Å²) >= 11 is 0. The van der Waals surface area contributed by atoms with Gasteiger partial charge in [-0.2, -0.15) is 0 Å². The molecule has 0 saturated carbocycles. The van der Waals surface area contributed by atoms with Crippen molar-refractivity contribution >= 4 is 5.97 Å². The fraction of sp³-hybridized carbons (Fsp3) is 0.182. The SMILES string of the molecule is Cc1c(CC(=O)O)nnn1-c1cc(F)c(F)c(F)c1. The molecule has 0 spiro atoms. The van der Waals surface area contributed by atoms with Crippen molar-refractivity contribution in [3.05, 3.63) is 41.0 Å². The van der Waals surface area contributed by atoms with Gasteiger partial charge in [0.15, 0.2) is 17.5 Å². The Morgan fingerprint density at radius 3 is 2.42 bits per heavy atom. The lowest BCUT2D eigenvalue weighted by atomic mass is 10.2. The van der Waals surface area contributed by atoms with E-state index in [0.29, 0.717) is 5.69 Å². The Labute approximate surface area is 105 Å².